The lowest BCUT2D eigenvalue weighted by Gasteiger charge is -2.15. The van der Waals surface area contributed by atoms with E-state index in [2.05, 4.69) is 59.3 Å². The SMILES string of the molecule is CCc1ccc(C(C)NC(=O)CCn2ccc3ccccc32)cc1. The Bertz CT molecular complexity index is 817. The lowest BCUT2D eigenvalue weighted by molar-refractivity contribution is -0.121. The van der Waals surface area contributed by atoms with Crippen LogP contribution in [0.4, 0.5) is 0 Å². The predicted molar refractivity (Wildman–Crippen MR) is 98.9 cm³/mol. The van der Waals surface area contributed by atoms with Gasteiger partial charge in [0.2, 0.25) is 5.91 Å². The largest absolute Gasteiger partial charge is 0.350 e. The molecule has 1 atom stereocenters. The molecule has 24 heavy (non-hydrogen) atoms. The van der Waals surface area contributed by atoms with Crippen LogP contribution in [-0.2, 0) is 17.8 Å². The van der Waals surface area contributed by atoms with E-state index in [0.29, 0.717) is 13.0 Å². The fourth-order valence-electron chi connectivity index (χ4n) is 3.00. The minimum Gasteiger partial charge on any atom is -0.350 e. The van der Waals surface area contributed by atoms with Crippen LogP contribution in [-0.4, -0.2) is 10.5 Å². The molecule has 1 aromatic heterocycles. The maximum atomic E-state index is 12.3. The Labute approximate surface area is 143 Å². The van der Waals surface area contributed by atoms with E-state index in [1.807, 2.05) is 25.3 Å². The Kier molecular flexibility index (Phi) is 4.99. The summed E-state index contributed by atoms with van der Waals surface area (Å²) >= 11 is 0. The number of hydrogen-bond acceptors (Lipinski definition) is 1. The Hall–Kier alpha value is -2.55. The van der Waals surface area contributed by atoms with Crippen LogP contribution < -0.4 is 5.32 Å². The Morgan fingerprint density at radius 1 is 1.08 bits per heavy atom. The monoisotopic (exact) mass is 320 g/mol. The third-order valence-electron chi connectivity index (χ3n) is 4.53. The highest BCUT2D eigenvalue weighted by Crippen LogP contribution is 2.16. The first-order valence-corrected chi connectivity index (χ1v) is 8.59. The maximum absolute atomic E-state index is 12.3. The average Bonchev–Trinajstić information content (AvgIpc) is 3.03. The van der Waals surface area contributed by atoms with Crippen molar-refractivity contribution in [2.24, 2.45) is 0 Å². The molecule has 1 N–H and O–H groups in total. The number of aromatic nitrogens is 1. The van der Waals surface area contributed by atoms with Gasteiger partial charge in [-0.3, -0.25) is 4.79 Å². The number of benzene rings is 2. The van der Waals surface area contributed by atoms with Gasteiger partial charge in [-0.25, -0.2) is 0 Å². The van der Waals surface area contributed by atoms with Gasteiger partial charge in [0.25, 0.3) is 0 Å². The molecule has 0 saturated heterocycles. The van der Waals surface area contributed by atoms with E-state index in [4.69, 9.17) is 0 Å². The highest BCUT2D eigenvalue weighted by Gasteiger charge is 2.10. The van der Waals surface area contributed by atoms with Gasteiger partial charge in [-0.15, -0.1) is 0 Å². The van der Waals surface area contributed by atoms with Crippen molar-refractivity contribution in [2.75, 3.05) is 0 Å². The molecule has 0 spiro atoms. The van der Waals surface area contributed by atoms with Crippen LogP contribution in [0.25, 0.3) is 10.9 Å². The number of nitrogens with one attached hydrogen (secondary N) is 1. The van der Waals surface area contributed by atoms with E-state index in [1.165, 1.54) is 16.5 Å². The molecule has 3 nitrogen and oxygen atoms in total. The number of para-hydroxylation sites is 1. The van der Waals surface area contributed by atoms with Crippen LogP contribution in [0.2, 0.25) is 0 Å². The smallest absolute Gasteiger partial charge is 0.222 e. The topological polar surface area (TPSA) is 34.0 Å². The molecule has 0 fully saturated rings. The van der Waals surface area contributed by atoms with Gasteiger partial charge in [-0.1, -0.05) is 49.4 Å². The first-order valence-electron chi connectivity index (χ1n) is 8.59. The molecule has 1 amide bonds. The number of hydrogen-bond donors (Lipinski definition) is 1. The van der Waals surface area contributed by atoms with Gasteiger partial charge >= 0.3 is 0 Å². The Balaban J connectivity index is 1.57. The molecule has 2 aromatic carbocycles. The van der Waals surface area contributed by atoms with Crippen molar-refractivity contribution in [1.82, 2.24) is 9.88 Å². The number of carbonyl (C=O) groups excluding carboxylic acids is 1. The maximum Gasteiger partial charge on any atom is 0.222 e. The van der Waals surface area contributed by atoms with Gasteiger partial charge in [-0.2, -0.15) is 0 Å². The first-order chi connectivity index (χ1) is 11.7. The van der Waals surface area contributed by atoms with Crippen molar-refractivity contribution in [3.63, 3.8) is 0 Å². The fraction of sp³-hybridized carbons (Fsp3) is 0.286. The number of nitrogens with zero attached hydrogens (tertiary/aromatic N) is 1. The summed E-state index contributed by atoms with van der Waals surface area (Å²) in [7, 11) is 0. The molecule has 0 aliphatic heterocycles. The zero-order chi connectivity index (χ0) is 16.9. The zero-order valence-electron chi connectivity index (χ0n) is 14.3. The second-order valence-corrected chi connectivity index (χ2v) is 6.20. The van der Waals surface area contributed by atoms with Gasteiger partial charge in [-0.05, 0) is 42.0 Å². The number of rotatable bonds is 6. The summed E-state index contributed by atoms with van der Waals surface area (Å²) in [4.78, 5) is 12.3. The molecule has 1 heterocycles. The van der Waals surface area contributed by atoms with E-state index >= 15 is 0 Å². The molecule has 3 aromatic rings. The van der Waals surface area contributed by atoms with Crippen LogP contribution in [0, 0.1) is 0 Å². The van der Waals surface area contributed by atoms with Gasteiger partial charge in [0, 0.05) is 24.7 Å². The van der Waals surface area contributed by atoms with E-state index < -0.39 is 0 Å². The molecule has 3 rings (SSSR count). The Morgan fingerprint density at radius 3 is 2.58 bits per heavy atom. The second kappa shape index (κ2) is 7.35. The molecular weight excluding hydrogens is 296 g/mol. The number of aryl methyl sites for hydroxylation is 2. The molecule has 0 saturated carbocycles. The minimum absolute atomic E-state index is 0.0322. The molecular formula is C21H24N2O. The summed E-state index contributed by atoms with van der Waals surface area (Å²) in [5, 5.41) is 4.30. The third-order valence-corrected chi connectivity index (χ3v) is 4.53. The van der Waals surface area contributed by atoms with Crippen LogP contribution in [0.3, 0.4) is 0 Å². The average molecular weight is 320 g/mol. The lowest BCUT2D eigenvalue weighted by Crippen LogP contribution is -2.27. The molecule has 1 unspecified atom stereocenters. The van der Waals surface area contributed by atoms with Crippen LogP contribution in [0.15, 0.2) is 60.8 Å². The molecule has 0 radical (unpaired) electrons. The van der Waals surface area contributed by atoms with Crippen molar-refractivity contribution in [1.29, 1.82) is 0 Å². The summed E-state index contributed by atoms with van der Waals surface area (Å²) in [6.07, 6.45) is 3.56. The molecule has 0 aliphatic carbocycles. The highest BCUT2D eigenvalue weighted by atomic mass is 16.1. The fourth-order valence-corrected chi connectivity index (χ4v) is 3.00. The summed E-state index contributed by atoms with van der Waals surface area (Å²) in [6, 6.07) is 18.8. The van der Waals surface area contributed by atoms with Crippen molar-refractivity contribution < 1.29 is 4.79 Å². The van der Waals surface area contributed by atoms with Crippen LogP contribution in [0.1, 0.15) is 37.4 Å². The van der Waals surface area contributed by atoms with Gasteiger partial charge < -0.3 is 9.88 Å². The minimum atomic E-state index is 0.0322. The van der Waals surface area contributed by atoms with E-state index in [1.54, 1.807) is 0 Å². The van der Waals surface area contributed by atoms with E-state index in [9.17, 15) is 4.79 Å². The first kappa shape index (κ1) is 16.3. The highest BCUT2D eigenvalue weighted by molar-refractivity contribution is 5.80. The molecule has 124 valence electrons. The Morgan fingerprint density at radius 2 is 1.83 bits per heavy atom. The zero-order valence-corrected chi connectivity index (χ0v) is 14.3. The number of fused-ring (bicyclic) bond motifs is 1. The summed E-state index contributed by atoms with van der Waals surface area (Å²) in [5.41, 5.74) is 3.64. The van der Waals surface area contributed by atoms with Crippen molar-refractivity contribution in [3.05, 3.63) is 71.9 Å². The van der Waals surface area contributed by atoms with Gasteiger partial charge in [0.05, 0.1) is 6.04 Å². The predicted octanol–water partition coefficient (Wildman–Crippen LogP) is 4.47. The normalized spacial score (nSPS) is 12.2. The lowest BCUT2D eigenvalue weighted by atomic mass is 10.0. The number of amides is 1. The van der Waals surface area contributed by atoms with E-state index in [-0.39, 0.29) is 11.9 Å². The third kappa shape index (κ3) is 3.67. The summed E-state index contributed by atoms with van der Waals surface area (Å²) < 4.78 is 2.13. The van der Waals surface area contributed by atoms with Gasteiger partial charge in [0.1, 0.15) is 0 Å². The van der Waals surface area contributed by atoms with Crippen molar-refractivity contribution in [2.45, 2.75) is 39.3 Å². The quantitative estimate of drug-likeness (QED) is 0.714. The van der Waals surface area contributed by atoms with Gasteiger partial charge in [0.15, 0.2) is 0 Å². The number of carbonyl (C=O) groups is 1. The van der Waals surface area contributed by atoms with Crippen molar-refractivity contribution in [3.8, 4) is 0 Å². The molecule has 0 aliphatic rings. The van der Waals surface area contributed by atoms with Crippen LogP contribution >= 0.6 is 0 Å². The molecule has 3 heteroatoms. The molecule has 0 bridgehead atoms. The second-order valence-electron chi connectivity index (χ2n) is 6.20. The summed E-state index contributed by atoms with van der Waals surface area (Å²) in [5.74, 6) is 0.0832. The summed E-state index contributed by atoms with van der Waals surface area (Å²) in [6.45, 7) is 4.87. The van der Waals surface area contributed by atoms with Crippen molar-refractivity contribution >= 4 is 16.8 Å². The standard InChI is InChI=1S/C21H24N2O/c1-3-17-8-10-18(11-9-17)16(2)22-21(24)13-15-23-14-12-19-6-4-5-7-20(19)23/h4-12,14,16H,3,13,15H2,1-2H3,(H,22,24). The van der Waals surface area contributed by atoms with E-state index in [0.717, 1.165) is 12.0 Å². The van der Waals surface area contributed by atoms with Crippen LogP contribution in [0.5, 0.6) is 0 Å².